The Morgan fingerprint density at radius 3 is 2.76 bits per heavy atom. The summed E-state index contributed by atoms with van der Waals surface area (Å²) in [7, 11) is 1.40. The van der Waals surface area contributed by atoms with Gasteiger partial charge in [-0.05, 0) is 43.5 Å². The van der Waals surface area contributed by atoms with Crippen LogP contribution in [0.1, 0.15) is 52.1 Å². The lowest BCUT2D eigenvalue weighted by Gasteiger charge is -2.41. The highest BCUT2D eigenvalue weighted by molar-refractivity contribution is 6.07. The van der Waals surface area contributed by atoms with E-state index in [4.69, 9.17) is 16.2 Å². The van der Waals surface area contributed by atoms with Crippen molar-refractivity contribution in [3.05, 3.63) is 59.0 Å². The van der Waals surface area contributed by atoms with Gasteiger partial charge in [-0.1, -0.05) is 12.1 Å². The van der Waals surface area contributed by atoms with Crippen LogP contribution in [-0.2, 0) is 6.54 Å². The van der Waals surface area contributed by atoms with Crippen molar-refractivity contribution < 1.29 is 23.8 Å². The van der Waals surface area contributed by atoms with E-state index in [-0.39, 0.29) is 35.3 Å². The van der Waals surface area contributed by atoms with Crippen LogP contribution in [0.5, 0.6) is 5.75 Å². The van der Waals surface area contributed by atoms with Crippen molar-refractivity contribution in [1.82, 2.24) is 25.3 Å². The zero-order chi connectivity index (χ0) is 26.5. The van der Waals surface area contributed by atoms with Gasteiger partial charge in [-0.15, -0.1) is 0 Å². The number of nitrogen functional groups attached to an aromatic ring is 1. The molecule has 192 valence electrons. The fraction of sp³-hybridized carbons (Fsp3) is 0.280. The largest absolute Gasteiger partial charge is 0.496 e. The number of aromatic amines is 1. The van der Waals surface area contributed by atoms with Crippen LogP contribution >= 0.6 is 0 Å². The fourth-order valence-corrected chi connectivity index (χ4v) is 4.86. The van der Waals surface area contributed by atoms with E-state index in [2.05, 4.69) is 20.6 Å². The Morgan fingerprint density at radius 1 is 1.32 bits per heavy atom. The lowest BCUT2D eigenvalue weighted by molar-refractivity contribution is -0.0535. The molecule has 0 spiro atoms. The van der Waals surface area contributed by atoms with Crippen LogP contribution in [-0.4, -0.2) is 49.6 Å². The third-order valence-corrected chi connectivity index (χ3v) is 6.69. The molecule has 2 amide bonds. The van der Waals surface area contributed by atoms with Crippen molar-refractivity contribution in [2.75, 3.05) is 12.8 Å². The Balaban J connectivity index is 1.47. The minimum Gasteiger partial charge on any atom is -0.496 e. The van der Waals surface area contributed by atoms with E-state index in [1.54, 1.807) is 29.9 Å². The van der Waals surface area contributed by atoms with Crippen molar-refractivity contribution in [1.29, 1.82) is 0 Å². The molecular weight excluding hydrogens is 481 g/mol. The number of hydrogen-bond acceptors (Lipinski definition) is 7. The predicted molar refractivity (Wildman–Crippen MR) is 133 cm³/mol. The maximum atomic E-state index is 13.7. The first kappa shape index (κ1) is 24.3. The topological polar surface area (TPSA) is 174 Å². The number of halogens is 1. The van der Waals surface area contributed by atoms with Gasteiger partial charge in [0.05, 0.1) is 36.0 Å². The second kappa shape index (κ2) is 8.89. The summed E-state index contributed by atoms with van der Waals surface area (Å²) in [5.41, 5.74) is 13.5. The molecule has 1 saturated carbocycles. The van der Waals surface area contributed by atoms with Gasteiger partial charge >= 0.3 is 0 Å². The highest BCUT2D eigenvalue weighted by atomic mass is 19.1. The van der Waals surface area contributed by atoms with Gasteiger partial charge in [0.25, 0.3) is 11.8 Å². The average molecular weight is 508 g/mol. The summed E-state index contributed by atoms with van der Waals surface area (Å²) >= 11 is 0. The van der Waals surface area contributed by atoms with Crippen LogP contribution in [0, 0.1) is 5.82 Å². The molecular formula is C25H26FN7O4. The molecule has 12 heteroatoms. The number of carbonyl (C=O) groups is 2. The number of primary amides is 1. The van der Waals surface area contributed by atoms with Gasteiger partial charge in [-0.3, -0.25) is 14.7 Å². The Morgan fingerprint density at radius 2 is 2.08 bits per heavy atom. The number of anilines is 1. The number of benzene rings is 2. The van der Waals surface area contributed by atoms with Crippen LogP contribution in [0.25, 0.3) is 22.2 Å². The van der Waals surface area contributed by atoms with Gasteiger partial charge in [-0.2, -0.15) is 10.2 Å². The molecule has 2 aromatic heterocycles. The molecule has 0 unspecified atom stereocenters. The number of H-pyrrole nitrogens is 1. The molecule has 11 nitrogen and oxygen atoms in total. The molecule has 0 aliphatic heterocycles. The van der Waals surface area contributed by atoms with E-state index < -0.39 is 23.2 Å². The minimum absolute atomic E-state index is 0.0714. The van der Waals surface area contributed by atoms with Crippen molar-refractivity contribution in [2.45, 2.75) is 38.0 Å². The molecule has 4 aromatic rings. The summed E-state index contributed by atoms with van der Waals surface area (Å²) in [5, 5.41) is 25.2. The lowest BCUT2D eigenvalue weighted by Crippen LogP contribution is -2.42. The van der Waals surface area contributed by atoms with Gasteiger partial charge in [0.2, 0.25) is 0 Å². The number of amides is 2. The maximum Gasteiger partial charge on any atom is 0.255 e. The molecule has 0 bridgehead atoms. The summed E-state index contributed by atoms with van der Waals surface area (Å²) in [6, 6.07) is 7.06. The maximum absolute atomic E-state index is 13.7. The first-order valence-corrected chi connectivity index (χ1v) is 11.6. The molecule has 1 fully saturated rings. The quantitative estimate of drug-likeness (QED) is 0.255. The molecule has 2 heterocycles. The van der Waals surface area contributed by atoms with Crippen LogP contribution in [0.2, 0.25) is 0 Å². The second-order valence-corrected chi connectivity index (χ2v) is 9.43. The Kier molecular flexibility index (Phi) is 5.83. The summed E-state index contributed by atoms with van der Waals surface area (Å²) in [6.45, 7) is 1.84. The molecule has 5 rings (SSSR count). The van der Waals surface area contributed by atoms with Gasteiger partial charge in [0.1, 0.15) is 28.6 Å². The molecule has 1 aliphatic rings. The summed E-state index contributed by atoms with van der Waals surface area (Å²) in [5.74, 6) is -1.39. The number of aromatic nitrogens is 4. The van der Waals surface area contributed by atoms with E-state index in [1.807, 2.05) is 0 Å². The van der Waals surface area contributed by atoms with E-state index >= 15 is 0 Å². The van der Waals surface area contributed by atoms with Crippen molar-refractivity contribution in [2.24, 2.45) is 5.73 Å². The SMILES string of the molecule is COc1ccc(F)cc1C(=O)NCc1ccc(-c2nn(C3CC(C)(O)C3)c(N)c2C(N)=O)c2cn[nH]c12. The van der Waals surface area contributed by atoms with E-state index in [0.717, 1.165) is 6.07 Å². The first-order chi connectivity index (χ1) is 17.6. The van der Waals surface area contributed by atoms with E-state index in [0.29, 0.717) is 40.6 Å². The third-order valence-electron chi connectivity index (χ3n) is 6.69. The molecule has 1 aliphatic carbocycles. The number of hydrogen-bond donors (Lipinski definition) is 5. The van der Waals surface area contributed by atoms with Crippen LogP contribution < -0.4 is 21.5 Å². The fourth-order valence-electron chi connectivity index (χ4n) is 4.86. The zero-order valence-electron chi connectivity index (χ0n) is 20.2. The van der Waals surface area contributed by atoms with Crippen LogP contribution in [0.15, 0.2) is 36.5 Å². The number of fused-ring (bicyclic) bond motifs is 1. The van der Waals surface area contributed by atoms with E-state index in [9.17, 15) is 19.1 Å². The Bertz CT molecular complexity index is 1530. The number of nitrogens with one attached hydrogen (secondary N) is 2. The number of rotatable bonds is 7. The smallest absolute Gasteiger partial charge is 0.255 e. The normalized spacial score (nSPS) is 19.0. The number of methoxy groups -OCH3 is 1. The second-order valence-electron chi connectivity index (χ2n) is 9.43. The van der Waals surface area contributed by atoms with Crippen molar-refractivity contribution in [3.63, 3.8) is 0 Å². The third kappa shape index (κ3) is 4.25. The molecule has 7 N–H and O–H groups in total. The molecule has 37 heavy (non-hydrogen) atoms. The summed E-state index contributed by atoms with van der Waals surface area (Å²) in [6.07, 6.45) is 2.48. The molecule has 0 atom stereocenters. The number of nitrogens with two attached hydrogens (primary N) is 2. The Labute approximate surface area is 210 Å². The number of nitrogens with zero attached hydrogens (tertiary/aromatic N) is 3. The summed E-state index contributed by atoms with van der Waals surface area (Å²) < 4.78 is 20.4. The zero-order valence-corrected chi connectivity index (χ0v) is 20.2. The Hall–Kier alpha value is -4.45. The molecule has 0 saturated heterocycles. The van der Waals surface area contributed by atoms with Crippen molar-refractivity contribution in [3.8, 4) is 17.0 Å². The number of carbonyl (C=O) groups excluding carboxylic acids is 2. The molecule has 2 aromatic carbocycles. The lowest BCUT2D eigenvalue weighted by atomic mass is 9.77. The van der Waals surface area contributed by atoms with Crippen molar-refractivity contribution >= 4 is 28.5 Å². The van der Waals surface area contributed by atoms with E-state index in [1.165, 1.54) is 19.2 Å². The number of aliphatic hydroxyl groups is 1. The number of ether oxygens (including phenoxy) is 1. The minimum atomic E-state index is -0.810. The van der Waals surface area contributed by atoms with Gasteiger partial charge in [-0.25, -0.2) is 9.07 Å². The first-order valence-electron chi connectivity index (χ1n) is 11.6. The van der Waals surface area contributed by atoms with Gasteiger partial charge < -0.3 is 26.6 Å². The monoisotopic (exact) mass is 507 g/mol. The molecule has 0 radical (unpaired) electrons. The average Bonchev–Trinajstić information content (AvgIpc) is 3.45. The van der Waals surface area contributed by atoms with Gasteiger partial charge in [0, 0.05) is 17.5 Å². The highest BCUT2D eigenvalue weighted by Crippen LogP contribution is 2.44. The van der Waals surface area contributed by atoms with Crippen LogP contribution in [0.3, 0.4) is 0 Å². The predicted octanol–water partition coefficient (Wildman–Crippen LogP) is 2.27. The highest BCUT2D eigenvalue weighted by Gasteiger charge is 2.42. The summed E-state index contributed by atoms with van der Waals surface area (Å²) in [4.78, 5) is 25.1. The van der Waals surface area contributed by atoms with Crippen LogP contribution in [0.4, 0.5) is 10.2 Å². The standard InChI is InChI=1S/C25H26FN7O4/c1-25(36)8-14(9-25)33-22(27)19(23(28)34)21(32-33)15-5-3-12(20-17(15)11-30-31-20)10-29-24(35)16-7-13(26)4-6-18(16)37-2/h3-7,11,14,36H,8-10,27H2,1-2H3,(H2,28,34)(H,29,35)(H,30,31). The van der Waals surface area contributed by atoms with Gasteiger partial charge in [0.15, 0.2) is 0 Å².